The molecule has 7 nitrogen and oxygen atoms in total. The number of amides is 1. The average Bonchev–Trinajstić information content (AvgIpc) is 2.87. The molecule has 0 saturated heterocycles. The van der Waals surface area contributed by atoms with E-state index >= 15 is 0 Å². The van der Waals surface area contributed by atoms with Crippen LogP contribution in [-0.2, 0) is 34.3 Å². The summed E-state index contributed by atoms with van der Waals surface area (Å²) >= 11 is 0. The molecule has 0 bridgehead atoms. The molecule has 5 rings (SSSR count). The molecule has 3 aromatic rings. The first-order valence-corrected chi connectivity index (χ1v) is 12.4. The lowest BCUT2D eigenvalue weighted by atomic mass is 9.95. The molecule has 1 amide bonds. The first-order valence-electron chi connectivity index (χ1n) is 10.9. The number of ether oxygens (including phenoxy) is 2. The Morgan fingerprint density at radius 3 is 2.44 bits per heavy atom. The second-order valence-electron chi connectivity index (χ2n) is 8.19. The van der Waals surface area contributed by atoms with Gasteiger partial charge in [0.15, 0.2) is 11.5 Å². The van der Waals surface area contributed by atoms with E-state index in [0.29, 0.717) is 30.3 Å². The van der Waals surface area contributed by atoms with Crippen LogP contribution < -0.4 is 14.8 Å². The topological polar surface area (TPSA) is 84.9 Å². The summed E-state index contributed by atoms with van der Waals surface area (Å²) in [5.74, 6) is 0.0698. The highest BCUT2D eigenvalue weighted by Gasteiger charge is 2.40. The van der Waals surface area contributed by atoms with Gasteiger partial charge in [0, 0.05) is 19.2 Å². The average molecular weight is 483 g/mol. The van der Waals surface area contributed by atoms with E-state index in [-0.39, 0.29) is 30.2 Å². The molecule has 176 valence electrons. The third-order valence-corrected chi connectivity index (χ3v) is 7.86. The van der Waals surface area contributed by atoms with Crippen molar-refractivity contribution in [2.75, 3.05) is 13.2 Å². The zero-order valence-corrected chi connectivity index (χ0v) is 19.1. The number of hydrogen-bond donors (Lipinski definition) is 1. The lowest BCUT2D eigenvalue weighted by Gasteiger charge is -2.35. The van der Waals surface area contributed by atoms with Crippen LogP contribution in [0.1, 0.15) is 16.7 Å². The van der Waals surface area contributed by atoms with E-state index in [0.717, 1.165) is 11.1 Å². The van der Waals surface area contributed by atoms with Crippen LogP contribution in [0.3, 0.4) is 0 Å². The van der Waals surface area contributed by atoms with Crippen molar-refractivity contribution < 1.29 is 27.1 Å². The second-order valence-corrected chi connectivity index (χ2v) is 10.1. The summed E-state index contributed by atoms with van der Waals surface area (Å²) in [6, 6.07) is 16.8. The van der Waals surface area contributed by atoms with Crippen molar-refractivity contribution >= 4 is 15.9 Å². The van der Waals surface area contributed by atoms with Crippen LogP contribution in [0.4, 0.5) is 4.39 Å². The molecule has 0 radical (unpaired) electrons. The van der Waals surface area contributed by atoms with E-state index in [2.05, 4.69) is 5.32 Å². The predicted octanol–water partition coefficient (Wildman–Crippen LogP) is 3.03. The lowest BCUT2D eigenvalue weighted by molar-refractivity contribution is -0.125. The van der Waals surface area contributed by atoms with Gasteiger partial charge in [-0.2, -0.15) is 4.31 Å². The van der Waals surface area contributed by atoms with Crippen molar-refractivity contribution in [2.45, 2.75) is 30.4 Å². The van der Waals surface area contributed by atoms with E-state index in [1.54, 1.807) is 18.2 Å². The van der Waals surface area contributed by atoms with Crippen molar-refractivity contribution in [2.24, 2.45) is 0 Å². The number of halogens is 1. The summed E-state index contributed by atoms with van der Waals surface area (Å²) in [5, 5.41) is 2.81. The summed E-state index contributed by atoms with van der Waals surface area (Å²) in [5.41, 5.74) is 2.50. The van der Waals surface area contributed by atoms with Crippen LogP contribution in [-0.4, -0.2) is 37.9 Å². The fourth-order valence-corrected chi connectivity index (χ4v) is 5.78. The van der Waals surface area contributed by atoms with Crippen molar-refractivity contribution in [3.05, 3.63) is 89.2 Å². The summed E-state index contributed by atoms with van der Waals surface area (Å²) in [4.78, 5) is 13.3. The van der Waals surface area contributed by atoms with Gasteiger partial charge >= 0.3 is 0 Å². The first kappa shape index (κ1) is 22.4. The summed E-state index contributed by atoms with van der Waals surface area (Å²) < 4.78 is 52.9. The van der Waals surface area contributed by atoms with Crippen molar-refractivity contribution in [1.82, 2.24) is 9.62 Å². The minimum absolute atomic E-state index is 0.0347. The SMILES string of the molecule is O=C(NCc1ccc(F)cc1)[C@H]1Cc2ccccc2CN1S(=O)(=O)c1ccc2c(c1)OCCO2. The molecule has 2 aliphatic rings. The standard InChI is InChI=1S/C25H23FN2O5S/c26-20-7-5-17(6-8-20)15-27-25(29)22-13-18-3-1-2-4-19(18)16-28(22)34(30,31)21-9-10-23-24(14-21)33-12-11-32-23/h1-10,14,22H,11-13,15-16H2,(H,27,29)/t22-/m1/s1. The van der Waals surface area contributed by atoms with Gasteiger partial charge in [0.05, 0.1) is 4.90 Å². The van der Waals surface area contributed by atoms with Crippen molar-refractivity contribution in [3.63, 3.8) is 0 Å². The summed E-state index contributed by atoms with van der Waals surface area (Å²) in [7, 11) is -4.03. The maximum absolute atomic E-state index is 13.7. The number of fused-ring (bicyclic) bond motifs is 2. The molecule has 0 saturated carbocycles. The zero-order valence-electron chi connectivity index (χ0n) is 18.2. The molecule has 3 aromatic carbocycles. The number of hydrogen-bond acceptors (Lipinski definition) is 5. The Bertz CT molecular complexity index is 1330. The van der Waals surface area contributed by atoms with Gasteiger partial charge in [-0.05, 0) is 47.4 Å². The van der Waals surface area contributed by atoms with E-state index in [9.17, 15) is 17.6 Å². The predicted molar refractivity (Wildman–Crippen MR) is 122 cm³/mol. The number of nitrogens with one attached hydrogen (secondary N) is 1. The Balaban J connectivity index is 1.45. The Labute approximate surface area is 197 Å². The van der Waals surface area contributed by atoms with E-state index < -0.39 is 22.0 Å². The van der Waals surface area contributed by atoms with Gasteiger partial charge in [-0.3, -0.25) is 4.79 Å². The molecule has 0 aromatic heterocycles. The van der Waals surface area contributed by atoms with E-state index in [1.807, 2.05) is 24.3 Å². The highest BCUT2D eigenvalue weighted by molar-refractivity contribution is 7.89. The third-order valence-electron chi connectivity index (χ3n) is 6.01. The van der Waals surface area contributed by atoms with Crippen LogP contribution in [0.25, 0.3) is 0 Å². The van der Waals surface area contributed by atoms with Crippen LogP contribution in [0.15, 0.2) is 71.6 Å². The number of benzene rings is 3. The number of sulfonamides is 1. The van der Waals surface area contributed by atoms with Crippen LogP contribution in [0, 0.1) is 5.82 Å². The zero-order chi connectivity index (χ0) is 23.7. The molecule has 0 aliphatic carbocycles. The van der Waals surface area contributed by atoms with Gasteiger partial charge in [-0.1, -0.05) is 36.4 Å². The Morgan fingerprint density at radius 1 is 0.971 bits per heavy atom. The van der Waals surface area contributed by atoms with Gasteiger partial charge in [0.1, 0.15) is 25.1 Å². The highest BCUT2D eigenvalue weighted by Crippen LogP contribution is 2.35. The fourth-order valence-electron chi connectivity index (χ4n) is 4.20. The first-order chi connectivity index (χ1) is 16.4. The number of rotatable bonds is 5. The normalized spacial score (nSPS) is 17.6. The molecule has 34 heavy (non-hydrogen) atoms. The highest BCUT2D eigenvalue weighted by atomic mass is 32.2. The van der Waals surface area contributed by atoms with Gasteiger partial charge in [0.25, 0.3) is 0 Å². The fraction of sp³-hybridized carbons (Fsp3) is 0.240. The largest absolute Gasteiger partial charge is 0.486 e. The van der Waals surface area contributed by atoms with Crippen LogP contribution >= 0.6 is 0 Å². The molecule has 9 heteroatoms. The maximum atomic E-state index is 13.7. The number of carbonyl (C=O) groups excluding carboxylic acids is 1. The lowest BCUT2D eigenvalue weighted by Crippen LogP contribution is -2.52. The van der Waals surface area contributed by atoms with E-state index in [1.165, 1.54) is 28.6 Å². The van der Waals surface area contributed by atoms with E-state index in [4.69, 9.17) is 9.47 Å². The van der Waals surface area contributed by atoms with Crippen LogP contribution in [0.5, 0.6) is 11.5 Å². The van der Waals surface area contributed by atoms with Gasteiger partial charge < -0.3 is 14.8 Å². The molecule has 2 heterocycles. The second kappa shape index (κ2) is 9.08. The Morgan fingerprint density at radius 2 is 1.68 bits per heavy atom. The third kappa shape index (κ3) is 4.36. The maximum Gasteiger partial charge on any atom is 0.244 e. The van der Waals surface area contributed by atoms with Crippen molar-refractivity contribution in [1.29, 1.82) is 0 Å². The molecule has 0 fully saturated rings. The smallest absolute Gasteiger partial charge is 0.244 e. The molecule has 0 unspecified atom stereocenters. The summed E-state index contributed by atoms with van der Waals surface area (Å²) in [6.07, 6.45) is 0.245. The molecule has 1 N–H and O–H groups in total. The van der Waals surface area contributed by atoms with Gasteiger partial charge in [0.2, 0.25) is 15.9 Å². The number of carbonyl (C=O) groups is 1. The molecule has 2 aliphatic heterocycles. The Kier molecular flexibility index (Phi) is 5.97. The quantitative estimate of drug-likeness (QED) is 0.604. The number of nitrogens with zero attached hydrogens (tertiary/aromatic N) is 1. The monoisotopic (exact) mass is 482 g/mol. The summed E-state index contributed by atoms with van der Waals surface area (Å²) in [6.45, 7) is 0.969. The minimum atomic E-state index is -4.03. The molecular weight excluding hydrogens is 459 g/mol. The van der Waals surface area contributed by atoms with Crippen LogP contribution in [0.2, 0.25) is 0 Å². The van der Waals surface area contributed by atoms with Crippen molar-refractivity contribution in [3.8, 4) is 11.5 Å². The van der Waals surface area contributed by atoms with Gasteiger partial charge in [-0.15, -0.1) is 0 Å². The molecule has 1 atom stereocenters. The minimum Gasteiger partial charge on any atom is -0.486 e. The molecular formula is C25H23FN2O5S. The Hall–Kier alpha value is -3.43. The van der Waals surface area contributed by atoms with Gasteiger partial charge in [-0.25, -0.2) is 12.8 Å². The molecule has 0 spiro atoms.